The largest absolute Gasteiger partial charge is 0.334 e. The lowest BCUT2D eigenvalue weighted by atomic mass is 10.1. The first-order chi connectivity index (χ1) is 10.5. The summed E-state index contributed by atoms with van der Waals surface area (Å²) in [6.07, 6.45) is 0. The third-order valence-electron chi connectivity index (χ3n) is 1.86. The predicted octanol–water partition coefficient (Wildman–Crippen LogP) is 2.89. The Morgan fingerprint density at radius 1 is 0.560 bits per heavy atom. The van der Waals surface area contributed by atoms with Crippen LogP contribution in [0.3, 0.4) is 0 Å². The highest BCUT2D eigenvalue weighted by atomic mass is 32.2. The second kappa shape index (κ2) is 8.68. The Bertz CT molecular complexity index is 476. The van der Waals surface area contributed by atoms with Gasteiger partial charge in [-0.15, -0.1) is 0 Å². The van der Waals surface area contributed by atoms with Gasteiger partial charge in [0.1, 0.15) is 0 Å². The van der Waals surface area contributed by atoms with Gasteiger partial charge in [-0.1, -0.05) is 0 Å². The summed E-state index contributed by atoms with van der Waals surface area (Å²) in [5.41, 5.74) is -1.24. The van der Waals surface area contributed by atoms with Gasteiger partial charge in [0.2, 0.25) is 0 Å². The van der Waals surface area contributed by atoms with Gasteiger partial charge in [0, 0.05) is 22.2 Å². The lowest BCUT2D eigenvalue weighted by Gasteiger charge is -2.26. The molecule has 0 saturated heterocycles. The maximum atomic E-state index is 11.4. The van der Waals surface area contributed by atoms with Crippen molar-refractivity contribution in [3.05, 3.63) is 0 Å². The van der Waals surface area contributed by atoms with E-state index in [0.29, 0.717) is 0 Å². The van der Waals surface area contributed by atoms with E-state index < -0.39 is 21.3 Å². The topological polar surface area (TPSA) is 99.3 Å². The van der Waals surface area contributed by atoms with Crippen molar-refractivity contribution in [2.45, 2.75) is 105 Å². The zero-order valence-corrected chi connectivity index (χ0v) is 18.9. The summed E-state index contributed by atoms with van der Waals surface area (Å²) in [4.78, 5) is 11.3. The Kier molecular flexibility index (Phi) is 9.16. The molecule has 25 heavy (non-hydrogen) atoms. The second-order valence-electron chi connectivity index (χ2n) is 10.3. The molecule has 0 heterocycles. The van der Waals surface area contributed by atoms with Crippen LogP contribution in [0.1, 0.15) is 83.1 Å². The highest BCUT2D eigenvalue weighted by molar-refractivity contribution is 7.87. The van der Waals surface area contributed by atoms with E-state index in [1.54, 1.807) is 41.5 Å². The summed E-state index contributed by atoms with van der Waals surface area (Å²) < 4.78 is 27.9. The minimum absolute atomic E-state index is 0.116. The standard InChI is InChI=1S/C9H20N2O.C8H20N2O2S/c1-8(2,3)10-7(12)11-9(4,5)6;1-7(2,3)9-13(11,12)10-8(4,5)6/h1-6H3,(H2,10,11,12);9-10H,1-6H3. The highest BCUT2D eigenvalue weighted by Gasteiger charge is 2.24. The lowest BCUT2D eigenvalue weighted by Crippen LogP contribution is -2.52. The van der Waals surface area contributed by atoms with Crippen LogP contribution < -0.4 is 20.1 Å². The van der Waals surface area contributed by atoms with E-state index in [2.05, 4.69) is 20.1 Å². The number of hydrogen-bond acceptors (Lipinski definition) is 3. The minimum Gasteiger partial charge on any atom is -0.334 e. The van der Waals surface area contributed by atoms with Crippen LogP contribution in [0.25, 0.3) is 0 Å². The molecule has 0 aliphatic rings. The first-order valence-corrected chi connectivity index (χ1v) is 9.93. The molecule has 0 atom stereocenters. The van der Waals surface area contributed by atoms with Crippen LogP contribution in [-0.4, -0.2) is 36.6 Å². The summed E-state index contributed by atoms with van der Waals surface area (Å²) in [7, 11) is -3.40. The van der Waals surface area contributed by atoms with Crippen LogP contribution in [0.2, 0.25) is 0 Å². The maximum absolute atomic E-state index is 11.4. The van der Waals surface area contributed by atoms with Crippen LogP contribution in [0, 0.1) is 0 Å². The third-order valence-corrected chi connectivity index (χ3v) is 3.62. The van der Waals surface area contributed by atoms with Crippen LogP contribution in [0.4, 0.5) is 4.79 Å². The Balaban J connectivity index is 0. The molecule has 0 aromatic carbocycles. The van der Waals surface area contributed by atoms with Crippen molar-refractivity contribution in [1.29, 1.82) is 0 Å². The summed E-state index contributed by atoms with van der Waals surface area (Å²) in [5.74, 6) is 0. The van der Waals surface area contributed by atoms with E-state index in [1.165, 1.54) is 0 Å². The third kappa shape index (κ3) is 23.1. The number of carbonyl (C=O) groups is 1. The average molecular weight is 381 g/mol. The van der Waals surface area contributed by atoms with Crippen LogP contribution in [0.15, 0.2) is 0 Å². The van der Waals surface area contributed by atoms with Crippen molar-refractivity contribution < 1.29 is 13.2 Å². The van der Waals surface area contributed by atoms with Gasteiger partial charge in [-0.2, -0.15) is 17.9 Å². The molecule has 0 fully saturated rings. The van der Waals surface area contributed by atoms with Crippen molar-refractivity contribution in [3.63, 3.8) is 0 Å². The van der Waals surface area contributed by atoms with Crippen LogP contribution in [0.5, 0.6) is 0 Å². The maximum Gasteiger partial charge on any atom is 0.315 e. The smallest absolute Gasteiger partial charge is 0.315 e. The number of urea groups is 1. The molecule has 152 valence electrons. The zero-order chi connectivity index (χ0) is 20.9. The molecule has 8 heteroatoms. The fraction of sp³-hybridized carbons (Fsp3) is 0.941. The van der Waals surface area contributed by atoms with E-state index in [0.717, 1.165) is 0 Å². The van der Waals surface area contributed by atoms with Crippen molar-refractivity contribution in [2.75, 3.05) is 0 Å². The molecular formula is C17H40N4O3S. The number of carbonyl (C=O) groups excluding carboxylic acids is 1. The fourth-order valence-electron chi connectivity index (χ4n) is 1.54. The Morgan fingerprint density at radius 3 is 0.960 bits per heavy atom. The van der Waals surface area contributed by atoms with Crippen molar-refractivity contribution in [3.8, 4) is 0 Å². The first kappa shape index (κ1) is 26.4. The Hall–Kier alpha value is -0.860. The highest BCUT2D eigenvalue weighted by Crippen LogP contribution is 2.05. The molecule has 0 saturated carbocycles. The first-order valence-electron chi connectivity index (χ1n) is 8.45. The quantitative estimate of drug-likeness (QED) is 0.593. The summed E-state index contributed by atoms with van der Waals surface area (Å²) in [6.45, 7) is 22.5. The number of hydrogen-bond donors (Lipinski definition) is 4. The monoisotopic (exact) mass is 380 g/mol. The van der Waals surface area contributed by atoms with Gasteiger partial charge in [0.25, 0.3) is 10.2 Å². The number of amides is 2. The molecule has 2 amide bonds. The van der Waals surface area contributed by atoms with Gasteiger partial charge in [0.15, 0.2) is 0 Å². The molecule has 0 spiro atoms. The van der Waals surface area contributed by atoms with E-state index >= 15 is 0 Å². The molecule has 0 aliphatic heterocycles. The summed E-state index contributed by atoms with van der Waals surface area (Å²) in [5, 5.41) is 5.65. The average Bonchev–Trinajstić information content (AvgIpc) is 1.99. The molecular weight excluding hydrogens is 340 g/mol. The van der Waals surface area contributed by atoms with Crippen molar-refractivity contribution >= 4 is 16.2 Å². The van der Waals surface area contributed by atoms with Crippen LogP contribution in [-0.2, 0) is 10.2 Å². The Morgan fingerprint density at radius 2 is 0.800 bits per heavy atom. The molecule has 4 N–H and O–H groups in total. The van der Waals surface area contributed by atoms with Crippen LogP contribution >= 0.6 is 0 Å². The number of nitrogens with one attached hydrogen (secondary N) is 4. The minimum atomic E-state index is -3.40. The van der Waals surface area contributed by atoms with E-state index in [4.69, 9.17) is 0 Å². The molecule has 0 aromatic heterocycles. The summed E-state index contributed by atoms with van der Waals surface area (Å²) >= 11 is 0. The zero-order valence-electron chi connectivity index (χ0n) is 18.1. The van der Waals surface area contributed by atoms with Crippen molar-refractivity contribution in [1.82, 2.24) is 20.1 Å². The Labute approximate surface area is 155 Å². The van der Waals surface area contributed by atoms with E-state index in [1.807, 2.05) is 41.5 Å². The molecule has 7 nitrogen and oxygen atoms in total. The van der Waals surface area contributed by atoms with Crippen molar-refractivity contribution in [2.24, 2.45) is 0 Å². The molecule has 0 radical (unpaired) electrons. The lowest BCUT2D eigenvalue weighted by molar-refractivity contribution is 0.223. The summed E-state index contributed by atoms with van der Waals surface area (Å²) in [6, 6.07) is -0.116. The van der Waals surface area contributed by atoms with Gasteiger partial charge in [-0.05, 0) is 83.1 Å². The van der Waals surface area contributed by atoms with Gasteiger partial charge >= 0.3 is 6.03 Å². The molecule has 0 aromatic rings. The normalized spacial score (nSPS) is 13.6. The van der Waals surface area contributed by atoms with E-state index in [9.17, 15) is 13.2 Å². The van der Waals surface area contributed by atoms with E-state index in [-0.39, 0.29) is 17.1 Å². The predicted molar refractivity (Wildman–Crippen MR) is 106 cm³/mol. The van der Waals surface area contributed by atoms with Gasteiger partial charge < -0.3 is 10.6 Å². The molecule has 0 bridgehead atoms. The molecule has 0 unspecified atom stereocenters. The fourth-order valence-corrected chi connectivity index (χ4v) is 3.21. The van der Waals surface area contributed by atoms with Gasteiger partial charge in [0.05, 0.1) is 0 Å². The SMILES string of the molecule is CC(C)(C)NC(=O)NC(C)(C)C.CC(C)(C)NS(=O)(=O)NC(C)(C)C. The van der Waals surface area contributed by atoms with Gasteiger partial charge in [-0.3, -0.25) is 0 Å². The second-order valence-corrected chi connectivity index (χ2v) is 11.7. The molecule has 0 aliphatic carbocycles. The molecule has 0 rings (SSSR count). The van der Waals surface area contributed by atoms with Gasteiger partial charge in [-0.25, -0.2) is 4.79 Å². The number of rotatable bonds is 2.